The Labute approximate surface area is 276 Å². The molecule has 0 bridgehead atoms. The van der Waals surface area contributed by atoms with Crippen LogP contribution in [-0.2, 0) is 12.8 Å². The fourth-order valence-electron chi connectivity index (χ4n) is 5.31. The Balaban J connectivity index is 0. The first-order valence-electron chi connectivity index (χ1n) is 13.5. The van der Waals surface area contributed by atoms with E-state index < -0.39 is 0 Å². The minimum atomic E-state index is 0. The number of halogens is 6. The third-order valence-electron chi connectivity index (χ3n) is 7.58. The highest BCUT2D eigenvalue weighted by Gasteiger charge is 2.18. The van der Waals surface area contributed by atoms with Gasteiger partial charge in [-0.2, -0.15) is 0 Å². The average molecular weight is 681 g/mol. The first kappa shape index (κ1) is 42.1. The molecular weight excluding hydrogens is 633 g/mol. The molecule has 0 aromatic heterocycles. The molecule has 0 spiro atoms. The summed E-state index contributed by atoms with van der Waals surface area (Å²) in [5.41, 5.74) is 2.79. The number of hydrogen-bond donors (Lipinski definition) is 0. The van der Waals surface area contributed by atoms with Gasteiger partial charge in [0.1, 0.15) is 0 Å². The predicted molar refractivity (Wildman–Crippen MR) is 183 cm³/mol. The van der Waals surface area contributed by atoms with E-state index in [9.17, 15) is 0 Å². The molecule has 0 radical (unpaired) electrons. The van der Waals surface area contributed by atoms with Crippen LogP contribution < -0.4 is 0 Å². The molecule has 2 heterocycles. The third kappa shape index (κ3) is 15.5. The highest BCUT2D eigenvalue weighted by molar-refractivity contribution is 6.30. The Morgan fingerprint density at radius 2 is 0.675 bits per heavy atom. The van der Waals surface area contributed by atoms with Crippen LogP contribution >= 0.6 is 72.8 Å². The van der Waals surface area contributed by atoms with Crippen molar-refractivity contribution < 1.29 is 5.48 Å². The quantitative estimate of drug-likeness (QED) is 0.274. The van der Waals surface area contributed by atoms with Crippen molar-refractivity contribution in [3.63, 3.8) is 0 Å². The van der Waals surface area contributed by atoms with Gasteiger partial charge in [0.05, 0.1) is 0 Å². The fraction of sp³-hybridized carbons (Fsp3) is 0.586. The monoisotopic (exact) mass is 678 g/mol. The summed E-state index contributed by atoms with van der Waals surface area (Å²) >= 11 is 12.0. The Morgan fingerprint density at radius 3 is 0.950 bits per heavy atom. The molecule has 2 aromatic rings. The van der Waals surface area contributed by atoms with Gasteiger partial charge in [0, 0.05) is 62.4 Å². The molecule has 232 valence electrons. The van der Waals surface area contributed by atoms with E-state index in [0.29, 0.717) is 0 Å². The van der Waals surface area contributed by atoms with E-state index >= 15 is 0 Å². The maximum atomic E-state index is 5.98. The summed E-state index contributed by atoms with van der Waals surface area (Å²) in [5.74, 6) is 0. The fourth-order valence-corrected chi connectivity index (χ4v) is 5.56. The molecule has 0 aliphatic carbocycles. The molecule has 2 aliphatic heterocycles. The van der Waals surface area contributed by atoms with Crippen LogP contribution in [0.1, 0.15) is 30.4 Å². The molecular formula is C29H48Cl6N4O. The third-order valence-corrected chi connectivity index (χ3v) is 8.09. The molecule has 0 amide bonds. The van der Waals surface area contributed by atoms with Crippen LogP contribution in [0.15, 0.2) is 48.5 Å². The summed E-state index contributed by atoms with van der Waals surface area (Å²) < 4.78 is 0. The van der Waals surface area contributed by atoms with Crippen molar-refractivity contribution in [3.05, 3.63) is 69.7 Å². The van der Waals surface area contributed by atoms with E-state index in [1.54, 1.807) is 0 Å². The second-order valence-corrected chi connectivity index (χ2v) is 11.1. The van der Waals surface area contributed by atoms with Gasteiger partial charge < -0.3 is 25.1 Å². The van der Waals surface area contributed by atoms with Crippen molar-refractivity contribution in [2.45, 2.75) is 32.1 Å². The summed E-state index contributed by atoms with van der Waals surface area (Å²) in [4.78, 5) is 10.6. The van der Waals surface area contributed by atoms with Crippen molar-refractivity contribution in [2.24, 2.45) is 0 Å². The lowest BCUT2D eigenvalue weighted by Gasteiger charge is -2.36. The van der Waals surface area contributed by atoms with E-state index in [2.05, 4.69) is 43.9 Å². The zero-order valence-corrected chi connectivity index (χ0v) is 28.1. The SMILES string of the molecule is Cl.Cl.Cl.Cl.Clc1ccc(CCCN2CCN(CCCN3CCN(CCCc4ccc(Cl)cc4)CC3)CC2)cc1.O. The molecule has 0 saturated carbocycles. The van der Waals surface area contributed by atoms with Gasteiger partial charge in [0.25, 0.3) is 0 Å². The van der Waals surface area contributed by atoms with Crippen LogP contribution in [0.25, 0.3) is 0 Å². The lowest BCUT2D eigenvalue weighted by atomic mass is 10.1. The number of piperazine rings is 2. The zero-order valence-electron chi connectivity index (χ0n) is 23.3. The second kappa shape index (κ2) is 23.4. The first-order chi connectivity index (χ1) is 17.1. The molecule has 4 rings (SSSR count). The van der Waals surface area contributed by atoms with Crippen molar-refractivity contribution >= 4 is 72.8 Å². The number of benzene rings is 2. The van der Waals surface area contributed by atoms with Crippen LogP contribution in [0.4, 0.5) is 0 Å². The topological polar surface area (TPSA) is 44.5 Å². The van der Waals surface area contributed by atoms with Crippen LogP contribution in [0.2, 0.25) is 10.0 Å². The minimum Gasteiger partial charge on any atom is -0.412 e. The van der Waals surface area contributed by atoms with Crippen LogP contribution in [0, 0.1) is 0 Å². The largest absolute Gasteiger partial charge is 0.412 e. The minimum absolute atomic E-state index is 0. The van der Waals surface area contributed by atoms with E-state index in [-0.39, 0.29) is 55.1 Å². The van der Waals surface area contributed by atoms with E-state index in [4.69, 9.17) is 23.2 Å². The van der Waals surface area contributed by atoms with E-state index in [1.165, 1.54) is 109 Å². The molecule has 5 nitrogen and oxygen atoms in total. The number of rotatable bonds is 12. The first-order valence-corrected chi connectivity index (χ1v) is 14.3. The molecule has 2 aromatic carbocycles. The van der Waals surface area contributed by atoms with Gasteiger partial charge >= 0.3 is 0 Å². The Kier molecular flexibility index (Phi) is 24.7. The summed E-state index contributed by atoms with van der Waals surface area (Å²) in [6, 6.07) is 16.6. The van der Waals surface area contributed by atoms with E-state index in [0.717, 1.165) is 22.9 Å². The molecule has 2 saturated heterocycles. The standard InChI is InChI=1S/C29H42Cl2N4.4ClH.H2O/c30-28-10-6-26(7-11-28)4-1-14-32-18-22-34(23-19-32)16-3-17-35-24-20-33(21-25-35)15-2-5-27-8-12-29(31)13-9-27;;;;;/h6-13H,1-5,14-25H2;4*1H;1H2. The highest BCUT2D eigenvalue weighted by Crippen LogP contribution is 2.13. The molecule has 11 heteroatoms. The van der Waals surface area contributed by atoms with Gasteiger partial charge in [-0.3, -0.25) is 0 Å². The normalized spacial score (nSPS) is 16.4. The number of nitrogens with zero attached hydrogens (tertiary/aromatic N) is 4. The zero-order chi connectivity index (χ0) is 24.3. The van der Waals surface area contributed by atoms with Gasteiger partial charge in [-0.05, 0) is 93.7 Å². The maximum absolute atomic E-state index is 5.98. The molecule has 0 unspecified atom stereocenters. The van der Waals surface area contributed by atoms with E-state index in [1.807, 2.05) is 24.3 Å². The van der Waals surface area contributed by atoms with Crippen LogP contribution in [0.5, 0.6) is 0 Å². The number of hydrogen-bond acceptors (Lipinski definition) is 4. The highest BCUT2D eigenvalue weighted by atomic mass is 35.5. The lowest BCUT2D eigenvalue weighted by molar-refractivity contribution is 0.110. The van der Waals surface area contributed by atoms with Crippen LogP contribution in [0.3, 0.4) is 0 Å². The van der Waals surface area contributed by atoms with Gasteiger partial charge in [0.2, 0.25) is 0 Å². The maximum Gasteiger partial charge on any atom is 0.0406 e. The van der Waals surface area contributed by atoms with Gasteiger partial charge in [-0.25, -0.2) is 0 Å². The Hall–Kier alpha value is -0.0200. The molecule has 0 atom stereocenters. The van der Waals surface area contributed by atoms with Gasteiger partial charge in [-0.15, -0.1) is 49.6 Å². The summed E-state index contributed by atoms with van der Waals surface area (Å²) in [5, 5.41) is 1.65. The predicted octanol–water partition coefficient (Wildman–Crippen LogP) is 6.05. The lowest BCUT2D eigenvalue weighted by Crippen LogP contribution is -2.48. The van der Waals surface area contributed by atoms with Crippen molar-refractivity contribution in [2.75, 3.05) is 78.5 Å². The smallest absolute Gasteiger partial charge is 0.0406 e. The summed E-state index contributed by atoms with van der Waals surface area (Å²) in [6.07, 6.45) is 6.05. The summed E-state index contributed by atoms with van der Waals surface area (Å²) in [6.45, 7) is 14.7. The molecule has 2 fully saturated rings. The molecule has 40 heavy (non-hydrogen) atoms. The molecule has 2 aliphatic rings. The molecule has 2 N–H and O–H groups in total. The van der Waals surface area contributed by atoms with Crippen molar-refractivity contribution in [3.8, 4) is 0 Å². The van der Waals surface area contributed by atoms with Crippen molar-refractivity contribution in [1.29, 1.82) is 0 Å². The Morgan fingerprint density at radius 1 is 0.425 bits per heavy atom. The average Bonchev–Trinajstić information content (AvgIpc) is 2.88. The van der Waals surface area contributed by atoms with Crippen LogP contribution in [-0.4, -0.2) is 104 Å². The summed E-state index contributed by atoms with van der Waals surface area (Å²) in [7, 11) is 0. The Bertz CT molecular complexity index is 790. The number of aryl methyl sites for hydroxylation is 2. The van der Waals surface area contributed by atoms with Crippen molar-refractivity contribution in [1.82, 2.24) is 19.6 Å². The second-order valence-electron chi connectivity index (χ2n) is 10.2. The van der Waals surface area contributed by atoms with Gasteiger partial charge in [0.15, 0.2) is 0 Å². The van der Waals surface area contributed by atoms with Gasteiger partial charge in [-0.1, -0.05) is 47.5 Å².